The fourth-order valence-corrected chi connectivity index (χ4v) is 2.62. The van der Waals surface area contributed by atoms with Crippen LogP contribution in [0.25, 0.3) is 0 Å². The van der Waals surface area contributed by atoms with Crippen LogP contribution < -0.4 is 10.6 Å². The molecule has 23 heavy (non-hydrogen) atoms. The monoisotopic (exact) mass is 339 g/mol. The molecule has 0 heterocycles. The van der Waals surface area contributed by atoms with Crippen LogP contribution in [0.2, 0.25) is 5.02 Å². The second-order valence-electron chi connectivity index (χ2n) is 5.94. The molecule has 0 aliphatic heterocycles. The molecular weight excluding hydrogens is 314 g/mol. The average Bonchev–Trinajstić information content (AvgIpc) is 2.48. The van der Waals surface area contributed by atoms with Crippen LogP contribution in [0, 0.1) is 0 Å². The van der Waals surface area contributed by atoms with Crippen LogP contribution in [0.15, 0.2) is 24.3 Å². The number of halogens is 1. The van der Waals surface area contributed by atoms with Gasteiger partial charge < -0.3 is 10.6 Å². The Balaban J connectivity index is 2.35. The number of nitrogens with zero attached hydrogens (tertiary/aromatic N) is 1. The quantitative estimate of drug-likeness (QED) is 0.764. The molecule has 0 aromatic heterocycles. The van der Waals surface area contributed by atoms with Gasteiger partial charge in [-0.05, 0) is 39.8 Å². The van der Waals surface area contributed by atoms with E-state index in [1.165, 1.54) is 0 Å². The first-order valence-corrected chi connectivity index (χ1v) is 8.26. The lowest BCUT2D eigenvalue weighted by atomic mass is 10.2. The summed E-state index contributed by atoms with van der Waals surface area (Å²) in [5.41, 5.74) is 0.368. The van der Waals surface area contributed by atoms with Crippen molar-refractivity contribution in [2.24, 2.45) is 0 Å². The summed E-state index contributed by atoms with van der Waals surface area (Å²) in [6, 6.07) is 7.59. The van der Waals surface area contributed by atoms with Gasteiger partial charge in [-0.2, -0.15) is 0 Å². The van der Waals surface area contributed by atoms with E-state index in [-0.39, 0.29) is 18.4 Å². The molecule has 6 heteroatoms. The largest absolute Gasteiger partial charge is 0.353 e. The average molecular weight is 340 g/mol. The summed E-state index contributed by atoms with van der Waals surface area (Å²) in [4.78, 5) is 26.0. The molecule has 2 N–H and O–H groups in total. The van der Waals surface area contributed by atoms with Gasteiger partial charge in [0.25, 0.3) is 5.91 Å². The first-order valence-electron chi connectivity index (χ1n) is 7.88. The van der Waals surface area contributed by atoms with Gasteiger partial charge in [0.15, 0.2) is 0 Å². The molecule has 0 fully saturated rings. The van der Waals surface area contributed by atoms with Crippen LogP contribution in [0.5, 0.6) is 0 Å². The topological polar surface area (TPSA) is 61.4 Å². The molecular formula is C17H26ClN3O2. The molecule has 0 saturated carbocycles. The number of rotatable bonds is 8. The van der Waals surface area contributed by atoms with Crippen LogP contribution in [-0.4, -0.2) is 48.4 Å². The molecule has 0 unspecified atom stereocenters. The minimum atomic E-state index is -0.350. The van der Waals surface area contributed by atoms with E-state index in [0.29, 0.717) is 29.2 Å². The van der Waals surface area contributed by atoms with Gasteiger partial charge in [0, 0.05) is 25.2 Å². The Morgan fingerprint density at radius 2 is 1.70 bits per heavy atom. The van der Waals surface area contributed by atoms with Gasteiger partial charge in [0.05, 0.1) is 17.1 Å². The Morgan fingerprint density at radius 1 is 1.09 bits per heavy atom. The molecule has 0 saturated heterocycles. The predicted octanol–water partition coefficient (Wildman–Crippen LogP) is 2.30. The molecule has 0 spiro atoms. The van der Waals surface area contributed by atoms with Crippen molar-refractivity contribution in [1.29, 1.82) is 0 Å². The SMILES string of the molecule is CC(C)N(CCNC(=O)CNC(=O)c1ccccc1Cl)C(C)C. The maximum atomic E-state index is 11.9. The third-order valence-corrected chi connectivity index (χ3v) is 3.88. The normalized spacial score (nSPS) is 11.1. The van der Waals surface area contributed by atoms with Crippen molar-refractivity contribution in [3.05, 3.63) is 34.9 Å². The highest BCUT2D eigenvalue weighted by molar-refractivity contribution is 6.33. The van der Waals surface area contributed by atoms with Crippen LogP contribution in [-0.2, 0) is 4.79 Å². The number of carbonyl (C=O) groups excluding carboxylic acids is 2. The summed E-state index contributed by atoms with van der Waals surface area (Å²) < 4.78 is 0. The summed E-state index contributed by atoms with van der Waals surface area (Å²) in [6.45, 7) is 9.79. The Labute approximate surface area is 143 Å². The fraction of sp³-hybridized carbons (Fsp3) is 0.529. The van der Waals surface area contributed by atoms with Gasteiger partial charge in [-0.15, -0.1) is 0 Å². The van der Waals surface area contributed by atoms with Gasteiger partial charge in [0.1, 0.15) is 0 Å². The second-order valence-corrected chi connectivity index (χ2v) is 6.34. The highest BCUT2D eigenvalue weighted by Crippen LogP contribution is 2.14. The standard InChI is InChI=1S/C17H26ClN3O2/c1-12(2)21(13(3)4)10-9-19-16(22)11-20-17(23)14-7-5-6-8-15(14)18/h5-8,12-13H,9-11H2,1-4H3,(H,19,22)(H,20,23). The van der Waals surface area contributed by atoms with E-state index in [2.05, 4.69) is 43.2 Å². The second kappa shape index (κ2) is 9.53. The van der Waals surface area contributed by atoms with E-state index < -0.39 is 0 Å². The molecule has 1 aromatic rings. The van der Waals surface area contributed by atoms with E-state index >= 15 is 0 Å². The molecule has 1 aromatic carbocycles. The molecule has 0 aliphatic carbocycles. The molecule has 1 rings (SSSR count). The zero-order valence-electron chi connectivity index (χ0n) is 14.2. The van der Waals surface area contributed by atoms with Crippen LogP contribution >= 0.6 is 11.6 Å². The van der Waals surface area contributed by atoms with Crippen LogP contribution in [0.3, 0.4) is 0 Å². The van der Waals surface area contributed by atoms with Gasteiger partial charge in [-0.25, -0.2) is 0 Å². The van der Waals surface area contributed by atoms with Crippen LogP contribution in [0.4, 0.5) is 0 Å². The van der Waals surface area contributed by atoms with Crippen LogP contribution in [0.1, 0.15) is 38.1 Å². The minimum absolute atomic E-state index is 0.0621. The molecule has 2 amide bonds. The van der Waals surface area contributed by atoms with Gasteiger partial charge in [-0.1, -0.05) is 23.7 Å². The highest BCUT2D eigenvalue weighted by Gasteiger charge is 2.14. The summed E-state index contributed by atoms with van der Waals surface area (Å²) in [5.74, 6) is -0.561. The Bertz CT molecular complexity index is 524. The van der Waals surface area contributed by atoms with Crippen molar-refractivity contribution in [2.75, 3.05) is 19.6 Å². The minimum Gasteiger partial charge on any atom is -0.353 e. The number of benzene rings is 1. The zero-order valence-corrected chi connectivity index (χ0v) is 15.0. The Morgan fingerprint density at radius 3 is 2.26 bits per heavy atom. The predicted molar refractivity (Wildman–Crippen MR) is 93.8 cm³/mol. The van der Waals surface area contributed by atoms with E-state index in [9.17, 15) is 9.59 Å². The lowest BCUT2D eigenvalue weighted by Crippen LogP contribution is -2.44. The summed E-state index contributed by atoms with van der Waals surface area (Å²) in [6.07, 6.45) is 0. The first kappa shape index (κ1) is 19.5. The Hall–Kier alpha value is -1.59. The van der Waals surface area contributed by atoms with E-state index in [1.807, 2.05) is 0 Å². The molecule has 5 nitrogen and oxygen atoms in total. The van der Waals surface area contributed by atoms with Crippen molar-refractivity contribution in [3.8, 4) is 0 Å². The van der Waals surface area contributed by atoms with Crippen molar-refractivity contribution in [2.45, 2.75) is 39.8 Å². The van der Waals surface area contributed by atoms with Crippen molar-refractivity contribution < 1.29 is 9.59 Å². The maximum Gasteiger partial charge on any atom is 0.253 e. The third-order valence-electron chi connectivity index (χ3n) is 3.55. The van der Waals surface area contributed by atoms with E-state index in [1.54, 1.807) is 24.3 Å². The summed E-state index contributed by atoms with van der Waals surface area (Å²) in [7, 11) is 0. The number of carbonyl (C=O) groups is 2. The first-order chi connectivity index (χ1) is 10.8. The number of hydrogen-bond acceptors (Lipinski definition) is 3. The van der Waals surface area contributed by atoms with Crippen molar-refractivity contribution >= 4 is 23.4 Å². The number of amides is 2. The van der Waals surface area contributed by atoms with E-state index in [4.69, 9.17) is 11.6 Å². The molecule has 128 valence electrons. The van der Waals surface area contributed by atoms with Gasteiger partial charge in [-0.3, -0.25) is 14.5 Å². The molecule has 0 aliphatic rings. The zero-order chi connectivity index (χ0) is 17.4. The van der Waals surface area contributed by atoms with Crippen molar-refractivity contribution in [1.82, 2.24) is 15.5 Å². The molecule has 0 atom stereocenters. The molecule has 0 bridgehead atoms. The summed E-state index contributed by atoms with van der Waals surface area (Å²) in [5, 5.41) is 5.76. The highest BCUT2D eigenvalue weighted by atomic mass is 35.5. The number of hydrogen-bond donors (Lipinski definition) is 2. The van der Waals surface area contributed by atoms with Gasteiger partial charge >= 0.3 is 0 Å². The summed E-state index contributed by atoms with van der Waals surface area (Å²) >= 11 is 5.95. The smallest absolute Gasteiger partial charge is 0.253 e. The lowest BCUT2D eigenvalue weighted by Gasteiger charge is -2.30. The fourth-order valence-electron chi connectivity index (χ4n) is 2.40. The maximum absolute atomic E-state index is 11.9. The number of nitrogens with one attached hydrogen (secondary N) is 2. The van der Waals surface area contributed by atoms with E-state index in [0.717, 1.165) is 6.54 Å². The van der Waals surface area contributed by atoms with Gasteiger partial charge in [0.2, 0.25) is 5.91 Å². The third kappa shape index (κ3) is 6.59. The van der Waals surface area contributed by atoms with Crippen molar-refractivity contribution in [3.63, 3.8) is 0 Å². The molecule has 0 radical (unpaired) electrons. The Kier molecular flexibility index (Phi) is 8.06. The lowest BCUT2D eigenvalue weighted by molar-refractivity contribution is -0.120.